The third-order valence-corrected chi connectivity index (χ3v) is 3.56. The molecule has 1 rings (SSSR count). The average molecular weight is 382 g/mol. The topological polar surface area (TPSA) is 39.7 Å². The Hall–Kier alpha value is -0.0400. The number of likely N-dealkylation sites (tertiary alicyclic amines) is 1. The summed E-state index contributed by atoms with van der Waals surface area (Å²) < 4.78 is 0. The Labute approximate surface area is 135 Å². The zero-order chi connectivity index (χ0) is 13.4. The first kappa shape index (κ1) is 19.0. The van der Waals surface area contributed by atoms with Gasteiger partial charge in [-0.1, -0.05) is 27.2 Å². The van der Waals surface area contributed by atoms with Crippen molar-refractivity contribution in [2.24, 2.45) is 10.9 Å². The van der Waals surface area contributed by atoms with Crippen LogP contribution < -0.4 is 10.6 Å². The zero-order valence-electron chi connectivity index (χ0n) is 12.9. The summed E-state index contributed by atoms with van der Waals surface area (Å²) in [7, 11) is 1.84. The predicted octanol–water partition coefficient (Wildman–Crippen LogP) is 2.30. The number of hydrogen-bond acceptors (Lipinski definition) is 2. The third kappa shape index (κ3) is 7.34. The van der Waals surface area contributed by atoms with Gasteiger partial charge in [0.1, 0.15) is 0 Å². The Balaban J connectivity index is 0.00000324. The lowest BCUT2D eigenvalue weighted by Gasteiger charge is -2.35. The molecule has 114 valence electrons. The van der Waals surface area contributed by atoms with Crippen LogP contribution in [-0.4, -0.2) is 50.1 Å². The van der Waals surface area contributed by atoms with Gasteiger partial charge in [-0.3, -0.25) is 9.89 Å². The second kappa shape index (κ2) is 10.7. The number of guanidine groups is 1. The summed E-state index contributed by atoms with van der Waals surface area (Å²) in [6, 6.07) is 0.668. The molecular formula is C14H31IN4. The summed E-state index contributed by atoms with van der Waals surface area (Å²) in [6.45, 7) is 11.1. The highest BCUT2D eigenvalue weighted by molar-refractivity contribution is 14.0. The largest absolute Gasteiger partial charge is 0.356 e. The summed E-state index contributed by atoms with van der Waals surface area (Å²) in [5.41, 5.74) is 0. The van der Waals surface area contributed by atoms with Gasteiger partial charge >= 0.3 is 0 Å². The molecule has 1 atom stereocenters. The molecule has 1 heterocycles. The van der Waals surface area contributed by atoms with Crippen molar-refractivity contribution in [2.45, 2.75) is 46.1 Å². The standard InChI is InChI=1S/C14H30N4.HI/c1-5-18-9-7-6-8-13(18)11-17-14(15-4)16-10-12(2)3;/h12-13H,5-11H2,1-4H3,(H2,15,16,17);1H. The quantitative estimate of drug-likeness (QED) is 0.436. The molecule has 0 amide bonds. The van der Waals surface area contributed by atoms with Crippen molar-refractivity contribution in [1.82, 2.24) is 15.5 Å². The summed E-state index contributed by atoms with van der Waals surface area (Å²) >= 11 is 0. The smallest absolute Gasteiger partial charge is 0.191 e. The number of likely N-dealkylation sites (N-methyl/N-ethyl adjacent to an activating group) is 1. The molecule has 0 aromatic heterocycles. The minimum absolute atomic E-state index is 0. The highest BCUT2D eigenvalue weighted by atomic mass is 127. The van der Waals surface area contributed by atoms with E-state index in [0.29, 0.717) is 12.0 Å². The van der Waals surface area contributed by atoms with Crippen molar-refractivity contribution in [3.63, 3.8) is 0 Å². The summed E-state index contributed by atoms with van der Waals surface area (Å²) in [5.74, 6) is 1.58. The maximum absolute atomic E-state index is 4.27. The van der Waals surface area contributed by atoms with Crippen LogP contribution in [0, 0.1) is 5.92 Å². The molecule has 1 fully saturated rings. The Morgan fingerprint density at radius 1 is 1.32 bits per heavy atom. The molecule has 4 nitrogen and oxygen atoms in total. The fraction of sp³-hybridized carbons (Fsp3) is 0.929. The number of halogens is 1. The minimum Gasteiger partial charge on any atom is -0.356 e. The van der Waals surface area contributed by atoms with Crippen molar-refractivity contribution in [3.8, 4) is 0 Å². The van der Waals surface area contributed by atoms with Crippen molar-refractivity contribution >= 4 is 29.9 Å². The predicted molar refractivity (Wildman–Crippen MR) is 94.5 cm³/mol. The molecule has 0 aliphatic carbocycles. The van der Waals surface area contributed by atoms with Gasteiger partial charge < -0.3 is 10.6 Å². The Bertz CT molecular complexity index is 256. The normalized spacial score (nSPS) is 21.1. The molecule has 2 N–H and O–H groups in total. The average Bonchev–Trinajstić information content (AvgIpc) is 2.39. The van der Waals surface area contributed by atoms with E-state index >= 15 is 0 Å². The van der Waals surface area contributed by atoms with Crippen LogP contribution in [0.4, 0.5) is 0 Å². The van der Waals surface area contributed by atoms with Crippen molar-refractivity contribution in [1.29, 1.82) is 0 Å². The van der Waals surface area contributed by atoms with E-state index in [9.17, 15) is 0 Å². The first-order valence-corrected chi connectivity index (χ1v) is 7.36. The van der Waals surface area contributed by atoms with Crippen LogP contribution in [0.5, 0.6) is 0 Å². The van der Waals surface area contributed by atoms with Gasteiger partial charge in [0, 0.05) is 26.2 Å². The van der Waals surface area contributed by atoms with Crippen molar-refractivity contribution in [3.05, 3.63) is 0 Å². The molecule has 0 aromatic carbocycles. The first-order chi connectivity index (χ1) is 8.67. The first-order valence-electron chi connectivity index (χ1n) is 7.36. The molecule has 0 saturated carbocycles. The van der Waals surface area contributed by atoms with Gasteiger partial charge in [-0.15, -0.1) is 24.0 Å². The Kier molecular flexibility index (Phi) is 10.7. The lowest BCUT2D eigenvalue weighted by Crippen LogP contribution is -2.49. The maximum Gasteiger partial charge on any atom is 0.191 e. The van der Waals surface area contributed by atoms with Crippen LogP contribution in [0.2, 0.25) is 0 Å². The van der Waals surface area contributed by atoms with E-state index in [1.807, 2.05) is 7.05 Å². The van der Waals surface area contributed by atoms with Crippen LogP contribution in [0.3, 0.4) is 0 Å². The minimum atomic E-state index is 0. The molecule has 19 heavy (non-hydrogen) atoms. The third-order valence-electron chi connectivity index (χ3n) is 3.56. The highest BCUT2D eigenvalue weighted by Crippen LogP contribution is 2.15. The SMILES string of the molecule is CCN1CCCCC1CNC(=NC)NCC(C)C.I. The molecule has 1 unspecified atom stereocenters. The van der Waals surface area contributed by atoms with Crippen LogP contribution in [0.25, 0.3) is 0 Å². The molecular weight excluding hydrogens is 351 g/mol. The van der Waals surface area contributed by atoms with Crippen molar-refractivity contribution < 1.29 is 0 Å². The van der Waals surface area contributed by atoms with Gasteiger partial charge in [0.05, 0.1) is 0 Å². The molecule has 0 radical (unpaired) electrons. The monoisotopic (exact) mass is 382 g/mol. The van der Waals surface area contributed by atoms with E-state index in [1.165, 1.54) is 25.8 Å². The van der Waals surface area contributed by atoms with Crippen LogP contribution >= 0.6 is 24.0 Å². The van der Waals surface area contributed by atoms with E-state index in [1.54, 1.807) is 0 Å². The maximum atomic E-state index is 4.27. The number of hydrogen-bond donors (Lipinski definition) is 2. The fourth-order valence-electron chi connectivity index (χ4n) is 2.44. The van der Waals surface area contributed by atoms with Gasteiger partial charge in [0.2, 0.25) is 0 Å². The van der Waals surface area contributed by atoms with E-state index in [2.05, 4.69) is 41.3 Å². The molecule has 0 bridgehead atoms. The van der Waals surface area contributed by atoms with Gasteiger partial charge in [0.15, 0.2) is 5.96 Å². The molecule has 1 saturated heterocycles. The number of rotatable bonds is 5. The summed E-state index contributed by atoms with van der Waals surface area (Å²) in [5, 5.41) is 6.82. The lowest BCUT2D eigenvalue weighted by molar-refractivity contribution is 0.157. The Morgan fingerprint density at radius 2 is 2.05 bits per heavy atom. The number of piperidine rings is 1. The fourth-order valence-corrected chi connectivity index (χ4v) is 2.44. The van der Waals surface area contributed by atoms with E-state index in [4.69, 9.17) is 0 Å². The van der Waals surface area contributed by atoms with Crippen LogP contribution in [-0.2, 0) is 0 Å². The zero-order valence-corrected chi connectivity index (χ0v) is 15.2. The number of nitrogens with zero attached hydrogens (tertiary/aromatic N) is 2. The second-order valence-corrected chi connectivity index (χ2v) is 5.51. The number of nitrogens with one attached hydrogen (secondary N) is 2. The molecule has 1 aliphatic heterocycles. The molecule has 0 spiro atoms. The molecule has 5 heteroatoms. The van der Waals surface area contributed by atoms with Crippen LogP contribution in [0.1, 0.15) is 40.0 Å². The van der Waals surface area contributed by atoms with Gasteiger partial charge in [-0.25, -0.2) is 0 Å². The summed E-state index contributed by atoms with van der Waals surface area (Å²) in [6.07, 6.45) is 4.02. The van der Waals surface area contributed by atoms with E-state index in [-0.39, 0.29) is 24.0 Å². The molecule has 0 aromatic rings. The van der Waals surface area contributed by atoms with Crippen LogP contribution in [0.15, 0.2) is 4.99 Å². The highest BCUT2D eigenvalue weighted by Gasteiger charge is 2.20. The van der Waals surface area contributed by atoms with Crippen molar-refractivity contribution in [2.75, 3.05) is 33.2 Å². The van der Waals surface area contributed by atoms with Gasteiger partial charge in [-0.05, 0) is 31.8 Å². The lowest BCUT2D eigenvalue weighted by atomic mass is 10.0. The van der Waals surface area contributed by atoms with Gasteiger partial charge in [-0.2, -0.15) is 0 Å². The van der Waals surface area contributed by atoms with Gasteiger partial charge in [0.25, 0.3) is 0 Å². The Morgan fingerprint density at radius 3 is 2.63 bits per heavy atom. The van der Waals surface area contributed by atoms with E-state index in [0.717, 1.165) is 25.6 Å². The molecule has 1 aliphatic rings. The second-order valence-electron chi connectivity index (χ2n) is 5.51. The number of aliphatic imine (C=N–C) groups is 1. The van der Waals surface area contributed by atoms with E-state index < -0.39 is 0 Å². The summed E-state index contributed by atoms with van der Waals surface area (Å²) in [4.78, 5) is 6.85.